The van der Waals surface area contributed by atoms with Crippen LogP contribution in [0.2, 0.25) is 0 Å². The fraction of sp³-hybridized carbons (Fsp3) is 0.308. The van der Waals surface area contributed by atoms with E-state index in [0.29, 0.717) is 13.2 Å². The van der Waals surface area contributed by atoms with E-state index in [4.69, 9.17) is 10.5 Å². The SMILES string of the molecule is COCC(CN)Nc1ccc2ccccc2n1. The van der Waals surface area contributed by atoms with E-state index in [-0.39, 0.29) is 6.04 Å². The number of fused-ring (bicyclic) bond motifs is 1. The Hall–Kier alpha value is -1.65. The Balaban J connectivity index is 2.18. The van der Waals surface area contributed by atoms with Gasteiger partial charge in [0, 0.05) is 19.0 Å². The van der Waals surface area contributed by atoms with Gasteiger partial charge in [-0.2, -0.15) is 0 Å². The van der Waals surface area contributed by atoms with E-state index in [0.717, 1.165) is 16.7 Å². The van der Waals surface area contributed by atoms with Crippen LogP contribution in [0.3, 0.4) is 0 Å². The van der Waals surface area contributed by atoms with Gasteiger partial charge in [0.2, 0.25) is 0 Å². The van der Waals surface area contributed by atoms with Crippen molar-refractivity contribution in [2.75, 3.05) is 25.6 Å². The molecule has 17 heavy (non-hydrogen) atoms. The topological polar surface area (TPSA) is 60.2 Å². The number of aromatic nitrogens is 1. The molecule has 0 saturated carbocycles. The van der Waals surface area contributed by atoms with Crippen LogP contribution in [0, 0.1) is 0 Å². The van der Waals surface area contributed by atoms with E-state index in [1.165, 1.54) is 0 Å². The molecule has 1 heterocycles. The molecule has 0 amide bonds. The highest BCUT2D eigenvalue weighted by molar-refractivity contribution is 5.80. The number of ether oxygens (including phenoxy) is 1. The summed E-state index contributed by atoms with van der Waals surface area (Å²) in [6.45, 7) is 1.09. The van der Waals surface area contributed by atoms with Gasteiger partial charge >= 0.3 is 0 Å². The molecule has 0 saturated heterocycles. The Kier molecular flexibility index (Phi) is 3.90. The molecule has 2 aromatic rings. The molecule has 0 spiro atoms. The number of nitrogens with two attached hydrogens (primary N) is 1. The molecule has 0 aliphatic rings. The van der Waals surface area contributed by atoms with Gasteiger partial charge in [0.25, 0.3) is 0 Å². The number of nitrogens with one attached hydrogen (secondary N) is 1. The molecule has 1 aromatic carbocycles. The number of hydrogen-bond acceptors (Lipinski definition) is 4. The third-order valence-corrected chi connectivity index (χ3v) is 2.60. The Labute approximate surface area is 101 Å². The molecule has 1 atom stereocenters. The van der Waals surface area contributed by atoms with E-state index in [9.17, 15) is 0 Å². The lowest BCUT2D eigenvalue weighted by Crippen LogP contribution is -2.33. The van der Waals surface area contributed by atoms with Gasteiger partial charge in [-0.3, -0.25) is 0 Å². The number of methoxy groups -OCH3 is 1. The second kappa shape index (κ2) is 5.61. The molecule has 3 N–H and O–H groups in total. The van der Waals surface area contributed by atoms with Crippen molar-refractivity contribution in [3.05, 3.63) is 36.4 Å². The van der Waals surface area contributed by atoms with Gasteiger partial charge in [-0.15, -0.1) is 0 Å². The average molecular weight is 231 g/mol. The van der Waals surface area contributed by atoms with Crippen molar-refractivity contribution < 1.29 is 4.74 Å². The minimum absolute atomic E-state index is 0.0914. The van der Waals surface area contributed by atoms with Crippen LogP contribution in [0.25, 0.3) is 10.9 Å². The van der Waals surface area contributed by atoms with Crippen LogP contribution in [-0.2, 0) is 4.74 Å². The molecule has 0 aliphatic carbocycles. The summed E-state index contributed by atoms with van der Waals surface area (Å²) in [4.78, 5) is 4.52. The van der Waals surface area contributed by atoms with Crippen molar-refractivity contribution in [3.63, 3.8) is 0 Å². The van der Waals surface area contributed by atoms with Gasteiger partial charge < -0.3 is 15.8 Å². The average Bonchev–Trinajstić information content (AvgIpc) is 2.38. The number of benzene rings is 1. The quantitative estimate of drug-likeness (QED) is 0.821. The molecule has 1 unspecified atom stereocenters. The van der Waals surface area contributed by atoms with Gasteiger partial charge in [-0.1, -0.05) is 18.2 Å². The van der Waals surface area contributed by atoms with Crippen LogP contribution >= 0.6 is 0 Å². The van der Waals surface area contributed by atoms with Gasteiger partial charge in [-0.05, 0) is 18.2 Å². The molecule has 90 valence electrons. The van der Waals surface area contributed by atoms with Crippen molar-refractivity contribution in [1.82, 2.24) is 4.98 Å². The van der Waals surface area contributed by atoms with Gasteiger partial charge in [0.15, 0.2) is 0 Å². The number of nitrogens with zero attached hydrogens (tertiary/aromatic N) is 1. The highest BCUT2D eigenvalue weighted by Crippen LogP contribution is 2.14. The highest BCUT2D eigenvalue weighted by Gasteiger charge is 2.06. The van der Waals surface area contributed by atoms with Gasteiger partial charge in [0.1, 0.15) is 5.82 Å². The highest BCUT2D eigenvalue weighted by atomic mass is 16.5. The molecule has 4 heteroatoms. The van der Waals surface area contributed by atoms with Crippen molar-refractivity contribution >= 4 is 16.7 Å². The molecule has 0 aliphatic heterocycles. The smallest absolute Gasteiger partial charge is 0.126 e. The lowest BCUT2D eigenvalue weighted by Gasteiger charge is -2.16. The molecule has 1 aromatic heterocycles. The number of hydrogen-bond donors (Lipinski definition) is 2. The van der Waals surface area contributed by atoms with E-state index in [2.05, 4.69) is 10.3 Å². The summed E-state index contributed by atoms with van der Waals surface area (Å²) >= 11 is 0. The zero-order valence-electron chi connectivity index (χ0n) is 9.89. The lowest BCUT2D eigenvalue weighted by atomic mass is 10.2. The first-order chi connectivity index (χ1) is 8.33. The lowest BCUT2D eigenvalue weighted by molar-refractivity contribution is 0.187. The standard InChI is InChI=1S/C13H17N3O/c1-17-9-11(8-14)15-13-7-6-10-4-2-3-5-12(10)16-13/h2-7,11H,8-9,14H2,1H3,(H,15,16). The van der Waals surface area contributed by atoms with E-state index < -0.39 is 0 Å². The van der Waals surface area contributed by atoms with Gasteiger partial charge in [-0.25, -0.2) is 4.98 Å². The predicted molar refractivity (Wildman–Crippen MR) is 70.1 cm³/mol. The normalized spacial score (nSPS) is 12.6. The molecular formula is C13H17N3O. The Morgan fingerprint density at radius 3 is 2.88 bits per heavy atom. The van der Waals surface area contributed by atoms with Crippen molar-refractivity contribution in [1.29, 1.82) is 0 Å². The first kappa shape index (κ1) is 11.8. The summed E-state index contributed by atoms with van der Waals surface area (Å²) in [5.74, 6) is 0.830. The fourth-order valence-electron chi connectivity index (χ4n) is 1.73. The van der Waals surface area contributed by atoms with E-state index >= 15 is 0 Å². The number of rotatable bonds is 5. The maximum atomic E-state index is 5.65. The van der Waals surface area contributed by atoms with Crippen LogP contribution in [0.15, 0.2) is 36.4 Å². The van der Waals surface area contributed by atoms with Crippen molar-refractivity contribution in [2.24, 2.45) is 5.73 Å². The van der Waals surface area contributed by atoms with Crippen LogP contribution in [0.5, 0.6) is 0 Å². The van der Waals surface area contributed by atoms with Crippen LogP contribution in [0.1, 0.15) is 0 Å². The van der Waals surface area contributed by atoms with Gasteiger partial charge in [0.05, 0.1) is 18.2 Å². The first-order valence-electron chi connectivity index (χ1n) is 5.65. The maximum Gasteiger partial charge on any atom is 0.126 e. The summed E-state index contributed by atoms with van der Waals surface area (Å²) in [6.07, 6.45) is 0. The summed E-state index contributed by atoms with van der Waals surface area (Å²) < 4.78 is 5.08. The molecule has 2 rings (SSSR count). The zero-order valence-corrected chi connectivity index (χ0v) is 9.89. The number of anilines is 1. The third kappa shape index (κ3) is 2.93. The minimum Gasteiger partial charge on any atom is -0.383 e. The fourth-order valence-corrected chi connectivity index (χ4v) is 1.73. The van der Waals surface area contributed by atoms with E-state index in [1.54, 1.807) is 7.11 Å². The second-order valence-electron chi connectivity index (χ2n) is 3.92. The molecule has 0 radical (unpaired) electrons. The summed E-state index contributed by atoms with van der Waals surface area (Å²) in [5, 5.41) is 4.39. The summed E-state index contributed by atoms with van der Waals surface area (Å²) in [6, 6.07) is 12.1. The summed E-state index contributed by atoms with van der Waals surface area (Å²) in [5.41, 5.74) is 6.63. The van der Waals surface area contributed by atoms with Crippen LogP contribution < -0.4 is 11.1 Å². The minimum atomic E-state index is 0.0914. The number of pyridine rings is 1. The van der Waals surface area contributed by atoms with Crippen LogP contribution in [-0.4, -0.2) is 31.3 Å². The first-order valence-corrected chi connectivity index (χ1v) is 5.65. The molecular weight excluding hydrogens is 214 g/mol. The predicted octanol–water partition coefficient (Wildman–Crippen LogP) is 1.62. The summed E-state index contributed by atoms with van der Waals surface area (Å²) in [7, 11) is 1.66. The molecule has 0 fully saturated rings. The zero-order chi connectivity index (χ0) is 12.1. The van der Waals surface area contributed by atoms with Crippen LogP contribution in [0.4, 0.5) is 5.82 Å². The number of para-hydroxylation sites is 1. The second-order valence-corrected chi connectivity index (χ2v) is 3.92. The van der Waals surface area contributed by atoms with Crippen molar-refractivity contribution in [2.45, 2.75) is 6.04 Å². The third-order valence-electron chi connectivity index (χ3n) is 2.60. The monoisotopic (exact) mass is 231 g/mol. The molecule has 0 bridgehead atoms. The van der Waals surface area contributed by atoms with E-state index in [1.807, 2.05) is 36.4 Å². The Bertz CT molecular complexity index is 487. The maximum absolute atomic E-state index is 5.65. The largest absolute Gasteiger partial charge is 0.383 e. The molecule has 4 nitrogen and oxygen atoms in total. The Morgan fingerprint density at radius 2 is 2.12 bits per heavy atom. The van der Waals surface area contributed by atoms with Crippen molar-refractivity contribution in [3.8, 4) is 0 Å². The Morgan fingerprint density at radius 1 is 1.29 bits per heavy atom.